The maximum absolute atomic E-state index is 12.3. The van der Waals surface area contributed by atoms with E-state index in [0.717, 1.165) is 0 Å². The molecule has 9 heteroatoms. The van der Waals surface area contributed by atoms with E-state index >= 15 is 0 Å². The summed E-state index contributed by atoms with van der Waals surface area (Å²) in [5, 5.41) is 20.3. The lowest BCUT2D eigenvalue weighted by Crippen LogP contribution is -2.59. The van der Waals surface area contributed by atoms with Crippen molar-refractivity contribution in [1.29, 1.82) is 5.26 Å². The van der Waals surface area contributed by atoms with Gasteiger partial charge in [0.1, 0.15) is 29.6 Å². The van der Waals surface area contributed by atoms with Crippen LogP contribution in [0.3, 0.4) is 0 Å². The fourth-order valence-corrected chi connectivity index (χ4v) is 3.13. The molecule has 0 aromatic heterocycles. The molecule has 1 saturated heterocycles. The first-order valence-corrected chi connectivity index (χ1v) is 8.29. The molecule has 0 aliphatic carbocycles. The third kappa shape index (κ3) is 3.35. The zero-order valence-electron chi connectivity index (χ0n) is 14.9. The van der Waals surface area contributed by atoms with Gasteiger partial charge in [-0.15, -0.1) is 0 Å². The molecule has 0 saturated carbocycles. The summed E-state index contributed by atoms with van der Waals surface area (Å²) >= 11 is 0. The topological polar surface area (TPSA) is 109 Å². The van der Waals surface area contributed by atoms with Crippen LogP contribution < -0.4 is 9.64 Å². The van der Waals surface area contributed by atoms with E-state index in [1.807, 2.05) is 31.7 Å². The van der Waals surface area contributed by atoms with E-state index in [2.05, 4.69) is 0 Å². The summed E-state index contributed by atoms with van der Waals surface area (Å²) in [6.07, 6.45) is -0.371. The fraction of sp³-hybridized carbons (Fsp3) is 0.529. The van der Waals surface area contributed by atoms with Crippen LogP contribution >= 0.6 is 0 Å². The van der Waals surface area contributed by atoms with Crippen molar-refractivity contribution in [3.05, 3.63) is 27.8 Å². The molecule has 1 aromatic carbocycles. The van der Waals surface area contributed by atoms with Crippen molar-refractivity contribution in [3.8, 4) is 11.8 Å². The molecule has 1 amide bonds. The minimum atomic E-state index is -0.589. The van der Waals surface area contributed by atoms with Crippen LogP contribution in [0, 0.1) is 21.4 Å². The summed E-state index contributed by atoms with van der Waals surface area (Å²) in [4.78, 5) is 26.5. The van der Waals surface area contributed by atoms with Gasteiger partial charge in [0, 0.05) is 19.6 Å². The summed E-state index contributed by atoms with van der Waals surface area (Å²) < 4.78 is 11.1. The number of rotatable bonds is 1. The molecule has 9 nitrogen and oxygen atoms in total. The van der Waals surface area contributed by atoms with Gasteiger partial charge in [-0.3, -0.25) is 10.1 Å². The van der Waals surface area contributed by atoms with Crippen LogP contribution in [0.5, 0.6) is 5.75 Å². The molecule has 0 unspecified atom stereocenters. The van der Waals surface area contributed by atoms with Crippen molar-refractivity contribution in [2.45, 2.75) is 32.4 Å². The number of fused-ring (bicyclic) bond motifs is 3. The van der Waals surface area contributed by atoms with Gasteiger partial charge in [0.05, 0.1) is 22.7 Å². The molecule has 1 atom stereocenters. The number of nitrogens with zero attached hydrogens (tertiary/aromatic N) is 4. The molecule has 2 aliphatic heterocycles. The molecule has 138 valence electrons. The van der Waals surface area contributed by atoms with Gasteiger partial charge in [-0.05, 0) is 26.8 Å². The Hall–Kier alpha value is -3.02. The summed E-state index contributed by atoms with van der Waals surface area (Å²) in [5.74, 6) is 0.387. The summed E-state index contributed by atoms with van der Waals surface area (Å²) in [7, 11) is 0. The van der Waals surface area contributed by atoms with Gasteiger partial charge >= 0.3 is 6.09 Å². The van der Waals surface area contributed by atoms with Crippen LogP contribution in [-0.2, 0) is 4.74 Å². The van der Waals surface area contributed by atoms with Crippen LogP contribution in [0.25, 0.3) is 0 Å². The first-order valence-electron chi connectivity index (χ1n) is 8.29. The Morgan fingerprint density at radius 1 is 1.42 bits per heavy atom. The SMILES string of the molecule is CC(C)(C)OC(=O)N1CCN2c3cc(C#N)c([N+](=O)[O-])cc3OC[C@H]2C1. The molecule has 0 bridgehead atoms. The fourth-order valence-electron chi connectivity index (χ4n) is 3.13. The smallest absolute Gasteiger partial charge is 0.410 e. The number of benzene rings is 1. The summed E-state index contributed by atoms with van der Waals surface area (Å²) in [6, 6.07) is 4.55. The van der Waals surface area contributed by atoms with Crippen LogP contribution in [0.15, 0.2) is 12.1 Å². The van der Waals surface area contributed by atoms with Crippen molar-refractivity contribution < 1.29 is 19.2 Å². The average Bonchev–Trinajstić information content (AvgIpc) is 2.58. The Bertz CT molecular complexity index is 796. The van der Waals surface area contributed by atoms with Gasteiger partial charge in [0.15, 0.2) is 0 Å². The highest BCUT2D eigenvalue weighted by Gasteiger charge is 2.37. The number of hydrogen-bond acceptors (Lipinski definition) is 7. The molecule has 1 aromatic rings. The first kappa shape index (κ1) is 17.8. The summed E-state index contributed by atoms with van der Waals surface area (Å²) in [6.45, 7) is 7.17. The van der Waals surface area contributed by atoms with E-state index in [4.69, 9.17) is 9.47 Å². The number of ether oxygens (including phenoxy) is 2. The van der Waals surface area contributed by atoms with Gasteiger partial charge in [0.2, 0.25) is 0 Å². The summed E-state index contributed by atoms with van der Waals surface area (Å²) in [5.41, 5.74) is -0.193. The lowest BCUT2D eigenvalue weighted by atomic mass is 10.1. The van der Waals surface area contributed by atoms with Gasteiger partial charge in [-0.1, -0.05) is 0 Å². The third-order valence-corrected chi connectivity index (χ3v) is 4.27. The quantitative estimate of drug-likeness (QED) is 0.558. The number of nitro benzene ring substituents is 1. The lowest BCUT2D eigenvalue weighted by molar-refractivity contribution is -0.385. The normalized spacial score (nSPS) is 18.9. The Labute approximate surface area is 150 Å². The van der Waals surface area contributed by atoms with E-state index < -0.39 is 10.5 Å². The molecule has 26 heavy (non-hydrogen) atoms. The lowest BCUT2D eigenvalue weighted by Gasteiger charge is -2.45. The van der Waals surface area contributed by atoms with Crippen molar-refractivity contribution in [2.24, 2.45) is 0 Å². The minimum absolute atomic E-state index is 0.00688. The Morgan fingerprint density at radius 2 is 2.15 bits per heavy atom. The van der Waals surface area contributed by atoms with Crippen LogP contribution in [0.2, 0.25) is 0 Å². The first-order chi connectivity index (χ1) is 12.2. The van der Waals surface area contributed by atoms with E-state index in [-0.39, 0.29) is 23.4 Å². The second kappa shape index (κ2) is 6.37. The highest BCUT2D eigenvalue weighted by Crippen LogP contribution is 2.39. The molecule has 3 rings (SSSR count). The predicted molar refractivity (Wildman–Crippen MR) is 92.2 cm³/mol. The minimum Gasteiger partial charge on any atom is -0.489 e. The standard InChI is InChI=1S/C17H20N4O5/c1-17(2,3)26-16(22)19-4-5-20-12(9-19)10-25-15-7-13(21(23)24)11(8-18)6-14(15)20/h6-7,12H,4-5,9-10H2,1-3H3/t12-/m1/s1. The Kier molecular flexibility index (Phi) is 4.36. The number of carbonyl (C=O) groups is 1. The van der Waals surface area contributed by atoms with Crippen LogP contribution in [-0.4, -0.2) is 53.8 Å². The maximum Gasteiger partial charge on any atom is 0.410 e. The van der Waals surface area contributed by atoms with Gasteiger partial charge in [-0.2, -0.15) is 5.26 Å². The number of carbonyl (C=O) groups excluding carboxylic acids is 1. The number of anilines is 1. The third-order valence-electron chi connectivity index (χ3n) is 4.27. The van der Waals surface area contributed by atoms with Gasteiger partial charge in [-0.25, -0.2) is 4.79 Å². The molecule has 0 N–H and O–H groups in total. The maximum atomic E-state index is 12.3. The highest BCUT2D eigenvalue weighted by molar-refractivity contribution is 5.72. The van der Waals surface area contributed by atoms with Crippen molar-refractivity contribution >= 4 is 17.5 Å². The average molecular weight is 360 g/mol. The second-order valence-electron chi connectivity index (χ2n) is 7.29. The van der Waals surface area contributed by atoms with Crippen molar-refractivity contribution in [2.75, 3.05) is 31.1 Å². The zero-order valence-corrected chi connectivity index (χ0v) is 14.9. The predicted octanol–water partition coefficient (Wildman–Crippen LogP) is 2.28. The zero-order chi connectivity index (χ0) is 19.1. The number of piperazine rings is 1. The van der Waals surface area contributed by atoms with Gasteiger partial charge in [0.25, 0.3) is 5.69 Å². The number of nitro groups is 1. The Morgan fingerprint density at radius 3 is 2.77 bits per heavy atom. The van der Waals surface area contributed by atoms with Crippen molar-refractivity contribution in [1.82, 2.24) is 4.90 Å². The molecule has 0 spiro atoms. The largest absolute Gasteiger partial charge is 0.489 e. The van der Waals surface area contributed by atoms with E-state index in [1.165, 1.54) is 12.1 Å². The molecule has 2 heterocycles. The monoisotopic (exact) mass is 360 g/mol. The van der Waals surface area contributed by atoms with Crippen LogP contribution in [0.4, 0.5) is 16.2 Å². The molecule has 0 radical (unpaired) electrons. The van der Waals surface area contributed by atoms with E-state index in [9.17, 15) is 20.2 Å². The molecule has 1 fully saturated rings. The van der Waals surface area contributed by atoms with E-state index in [1.54, 1.807) is 4.90 Å². The van der Waals surface area contributed by atoms with Gasteiger partial charge < -0.3 is 19.3 Å². The molecule has 2 aliphatic rings. The highest BCUT2D eigenvalue weighted by atomic mass is 16.6. The Balaban J connectivity index is 1.82. The van der Waals surface area contributed by atoms with Crippen molar-refractivity contribution in [3.63, 3.8) is 0 Å². The van der Waals surface area contributed by atoms with Crippen LogP contribution in [0.1, 0.15) is 26.3 Å². The number of amides is 1. The number of nitriles is 1. The second-order valence-corrected chi connectivity index (χ2v) is 7.29. The molecular formula is C17H20N4O5. The van der Waals surface area contributed by atoms with E-state index in [0.29, 0.717) is 37.7 Å². The molecular weight excluding hydrogens is 340 g/mol. The number of hydrogen-bond donors (Lipinski definition) is 0.